The van der Waals surface area contributed by atoms with E-state index in [1.54, 1.807) is 13.2 Å². The third-order valence-corrected chi connectivity index (χ3v) is 3.70. The molecule has 1 aliphatic rings. The van der Waals surface area contributed by atoms with Gasteiger partial charge < -0.3 is 14.6 Å². The molecule has 1 saturated carbocycles. The number of methoxy groups -OCH3 is 1. The van der Waals surface area contributed by atoms with Crippen LogP contribution in [0.2, 0.25) is 0 Å². The fraction of sp³-hybridized carbons (Fsp3) is 0.714. The lowest BCUT2D eigenvalue weighted by atomic mass is 9.99. The molecule has 0 unspecified atom stereocenters. The van der Waals surface area contributed by atoms with Crippen molar-refractivity contribution in [2.24, 2.45) is 0 Å². The second-order valence-corrected chi connectivity index (χ2v) is 5.77. The van der Waals surface area contributed by atoms with Crippen molar-refractivity contribution >= 4 is 11.8 Å². The van der Waals surface area contributed by atoms with Crippen LogP contribution in [0.1, 0.15) is 51.2 Å². The third-order valence-electron chi connectivity index (χ3n) is 3.70. The molecule has 1 heterocycles. The Morgan fingerprint density at radius 3 is 2.75 bits per heavy atom. The van der Waals surface area contributed by atoms with E-state index in [1.807, 2.05) is 13.8 Å². The smallest absolute Gasteiger partial charge is 0.321 e. The lowest BCUT2D eigenvalue weighted by Crippen LogP contribution is -2.51. The Kier molecular flexibility index (Phi) is 4.65. The van der Waals surface area contributed by atoms with Crippen LogP contribution in [0.15, 0.2) is 10.6 Å². The van der Waals surface area contributed by atoms with Crippen LogP contribution in [-0.4, -0.2) is 30.4 Å². The predicted octanol–water partition coefficient (Wildman–Crippen LogP) is 2.88. The van der Waals surface area contributed by atoms with E-state index in [9.17, 15) is 4.79 Å². The van der Waals surface area contributed by atoms with E-state index in [-0.39, 0.29) is 17.5 Å². The maximum Gasteiger partial charge on any atom is 0.321 e. The Labute approximate surface area is 119 Å². The minimum Gasteiger partial charge on any atom is -0.382 e. The number of ether oxygens (including phenoxy) is 1. The van der Waals surface area contributed by atoms with Gasteiger partial charge in [-0.25, -0.2) is 4.79 Å². The van der Waals surface area contributed by atoms with Crippen molar-refractivity contribution in [2.45, 2.75) is 51.0 Å². The molecule has 2 amide bonds. The molecular weight excluding hydrogens is 258 g/mol. The Balaban J connectivity index is 1.93. The van der Waals surface area contributed by atoms with Gasteiger partial charge in [0.1, 0.15) is 5.76 Å². The summed E-state index contributed by atoms with van der Waals surface area (Å²) in [5, 5.41) is 9.58. The third kappa shape index (κ3) is 3.50. The van der Waals surface area contributed by atoms with Gasteiger partial charge in [-0.15, -0.1) is 0 Å². The van der Waals surface area contributed by atoms with Gasteiger partial charge in [0.15, 0.2) is 5.82 Å². The van der Waals surface area contributed by atoms with Crippen LogP contribution in [0.4, 0.5) is 10.6 Å². The van der Waals surface area contributed by atoms with Crippen LogP contribution in [-0.2, 0) is 4.74 Å². The number of nitrogens with zero attached hydrogens (tertiary/aromatic N) is 1. The lowest BCUT2D eigenvalue weighted by Gasteiger charge is -2.29. The van der Waals surface area contributed by atoms with Crippen molar-refractivity contribution in [3.63, 3.8) is 0 Å². The van der Waals surface area contributed by atoms with Crippen molar-refractivity contribution in [2.75, 3.05) is 19.0 Å². The number of carbonyl (C=O) groups is 1. The van der Waals surface area contributed by atoms with Gasteiger partial charge >= 0.3 is 6.03 Å². The second-order valence-electron chi connectivity index (χ2n) is 5.77. The van der Waals surface area contributed by atoms with E-state index < -0.39 is 0 Å². The highest BCUT2D eigenvalue weighted by Gasteiger charge is 2.35. The predicted molar refractivity (Wildman–Crippen MR) is 75.8 cm³/mol. The number of urea groups is 1. The molecule has 0 radical (unpaired) electrons. The topological polar surface area (TPSA) is 76.4 Å². The molecule has 2 rings (SSSR count). The maximum atomic E-state index is 12.1. The van der Waals surface area contributed by atoms with E-state index in [0.29, 0.717) is 12.4 Å². The van der Waals surface area contributed by atoms with Gasteiger partial charge in [0.05, 0.1) is 12.1 Å². The van der Waals surface area contributed by atoms with Crippen LogP contribution >= 0.6 is 0 Å². The van der Waals surface area contributed by atoms with E-state index >= 15 is 0 Å². The number of amides is 2. The number of anilines is 1. The van der Waals surface area contributed by atoms with Crippen LogP contribution in [0.5, 0.6) is 0 Å². The summed E-state index contributed by atoms with van der Waals surface area (Å²) in [6.07, 6.45) is 4.13. The summed E-state index contributed by atoms with van der Waals surface area (Å²) in [4.78, 5) is 12.1. The summed E-state index contributed by atoms with van der Waals surface area (Å²) in [6, 6.07) is 1.49. The highest BCUT2D eigenvalue weighted by atomic mass is 16.5. The summed E-state index contributed by atoms with van der Waals surface area (Å²) in [7, 11) is 1.66. The molecule has 0 spiro atoms. The number of aromatic nitrogens is 1. The number of carbonyl (C=O) groups excluding carboxylic acids is 1. The lowest BCUT2D eigenvalue weighted by molar-refractivity contribution is 0.117. The zero-order chi connectivity index (χ0) is 14.6. The minimum absolute atomic E-state index is 0.246. The van der Waals surface area contributed by atoms with Crippen LogP contribution < -0.4 is 10.6 Å². The number of hydrogen-bond donors (Lipinski definition) is 2. The van der Waals surface area contributed by atoms with E-state index in [4.69, 9.17) is 9.26 Å². The zero-order valence-corrected chi connectivity index (χ0v) is 12.4. The fourth-order valence-electron chi connectivity index (χ4n) is 2.64. The first-order valence-corrected chi connectivity index (χ1v) is 7.09. The molecule has 0 aromatic carbocycles. The van der Waals surface area contributed by atoms with E-state index in [1.165, 1.54) is 0 Å². The average Bonchev–Trinajstić information content (AvgIpc) is 2.99. The monoisotopic (exact) mass is 281 g/mol. The Morgan fingerprint density at radius 2 is 2.20 bits per heavy atom. The molecule has 0 aliphatic heterocycles. The van der Waals surface area contributed by atoms with Crippen molar-refractivity contribution < 1.29 is 14.1 Å². The number of nitrogens with one attached hydrogen (secondary N) is 2. The SMILES string of the molecule is COCC1(NC(=O)Nc2cc(C(C)C)on2)CCCC1. The second kappa shape index (κ2) is 6.26. The van der Waals surface area contributed by atoms with Crippen LogP contribution in [0, 0.1) is 0 Å². The fourth-order valence-corrected chi connectivity index (χ4v) is 2.64. The van der Waals surface area contributed by atoms with E-state index in [0.717, 1.165) is 31.4 Å². The van der Waals surface area contributed by atoms with Gasteiger partial charge in [-0.3, -0.25) is 5.32 Å². The normalized spacial score (nSPS) is 17.4. The largest absolute Gasteiger partial charge is 0.382 e. The quantitative estimate of drug-likeness (QED) is 0.870. The molecule has 20 heavy (non-hydrogen) atoms. The minimum atomic E-state index is -0.257. The first-order valence-electron chi connectivity index (χ1n) is 7.09. The summed E-state index contributed by atoms with van der Waals surface area (Å²) in [5.74, 6) is 1.44. The van der Waals surface area contributed by atoms with Gasteiger partial charge in [0.2, 0.25) is 0 Å². The van der Waals surface area contributed by atoms with Crippen molar-refractivity contribution in [1.29, 1.82) is 0 Å². The van der Waals surface area contributed by atoms with Gasteiger partial charge in [0, 0.05) is 19.1 Å². The number of hydrogen-bond acceptors (Lipinski definition) is 4. The maximum absolute atomic E-state index is 12.1. The summed E-state index contributed by atoms with van der Waals surface area (Å²) in [6.45, 7) is 4.56. The molecular formula is C14H23N3O3. The first-order chi connectivity index (χ1) is 9.54. The molecule has 1 fully saturated rings. The molecule has 0 saturated heterocycles. The van der Waals surface area contributed by atoms with Gasteiger partial charge in [0.25, 0.3) is 0 Å². The molecule has 1 aromatic heterocycles. The Bertz CT molecular complexity index is 450. The Morgan fingerprint density at radius 1 is 1.50 bits per heavy atom. The average molecular weight is 281 g/mol. The zero-order valence-electron chi connectivity index (χ0n) is 12.4. The highest BCUT2D eigenvalue weighted by Crippen LogP contribution is 2.30. The molecule has 112 valence electrons. The van der Waals surface area contributed by atoms with E-state index in [2.05, 4.69) is 15.8 Å². The van der Waals surface area contributed by atoms with Crippen molar-refractivity contribution in [3.05, 3.63) is 11.8 Å². The summed E-state index contributed by atoms with van der Waals surface area (Å²) < 4.78 is 10.4. The standard InChI is InChI=1S/C14H23N3O3/c1-10(2)11-8-12(17-20-11)15-13(18)16-14(9-19-3)6-4-5-7-14/h8,10H,4-7,9H2,1-3H3,(H2,15,16,17,18). The van der Waals surface area contributed by atoms with Gasteiger partial charge in [-0.2, -0.15) is 0 Å². The highest BCUT2D eigenvalue weighted by molar-refractivity contribution is 5.88. The Hall–Kier alpha value is -1.56. The van der Waals surface area contributed by atoms with Crippen LogP contribution in [0.25, 0.3) is 0 Å². The summed E-state index contributed by atoms with van der Waals surface area (Å²) in [5.41, 5.74) is -0.247. The molecule has 0 atom stereocenters. The first kappa shape index (κ1) is 14.8. The van der Waals surface area contributed by atoms with Gasteiger partial charge in [-0.05, 0) is 12.8 Å². The van der Waals surface area contributed by atoms with Crippen molar-refractivity contribution in [3.8, 4) is 0 Å². The molecule has 2 N–H and O–H groups in total. The van der Waals surface area contributed by atoms with Gasteiger partial charge in [-0.1, -0.05) is 31.8 Å². The molecule has 6 nitrogen and oxygen atoms in total. The number of rotatable bonds is 5. The molecule has 6 heteroatoms. The summed E-state index contributed by atoms with van der Waals surface area (Å²) >= 11 is 0. The molecule has 1 aliphatic carbocycles. The van der Waals surface area contributed by atoms with Crippen molar-refractivity contribution in [1.82, 2.24) is 10.5 Å². The van der Waals surface area contributed by atoms with Crippen LogP contribution in [0.3, 0.4) is 0 Å². The molecule has 0 bridgehead atoms. The molecule has 1 aromatic rings.